The Bertz CT molecular complexity index is 167. The number of hydrogen-bond donors (Lipinski definition) is 1. The lowest BCUT2D eigenvalue weighted by Crippen LogP contribution is -2.29. The Morgan fingerprint density at radius 3 is 2.46 bits per heavy atom. The van der Waals surface area contributed by atoms with Crippen molar-refractivity contribution in [2.75, 3.05) is 20.3 Å². The first-order valence-electron chi connectivity index (χ1n) is 4.64. The van der Waals surface area contributed by atoms with Gasteiger partial charge in [-0.2, -0.15) is 5.26 Å². The SMILES string of the molecule is CNC(C#N)COCCC(C)(C)C. The second-order valence-electron chi connectivity index (χ2n) is 4.36. The Hall–Kier alpha value is -0.590. The topological polar surface area (TPSA) is 45.0 Å². The lowest BCUT2D eigenvalue weighted by Gasteiger charge is -2.18. The monoisotopic (exact) mass is 184 g/mol. The molecule has 0 aromatic rings. The van der Waals surface area contributed by atoms with Gasteiger partial charge >= 0.3 is 0 Å². The first-order chi connectivity index (χ1) is 5.99. The Labute approximate surface area is 81.1 Å². The van der Waals surface area contributed by atoms with Crippen LogP contribution in [-0.2, 0) is 4.74 Å². The van der Waals surface area contributed by atoms with Gasteiger partial charge in [-0.25, -0.2) is 0 Å². The van der Waals surface area contributed by atoms with Crippen molar-refractivity contribution in [3.63, 3.8) is 0 Å². The van der Waals surface area contributed by atoms with E-state index in [1.807, 2.05) is 0 Å². The molecule has 0 aliphatic carbocycles. The highest BCUT2D eigenvalue weighted by Gasteiger charge is 2.10. The van der Waals surface area contributed by atoms with Crippen molar-refractivity contribution in [2.45, 2.75) is 33.2 Å². The molecule has 0 aliphatic rings. The van der Waals surface area contributed by atoms with Gasteiger partial charge in [-0.3, -0.25) is 0 Å². The van der Waals surface area contributed by atoms with Crippen LogP contribution < -0.4 is 5.32 Å². The van der Waals surface area contributed by atoms with E-state index >= 15 is 0 Å². The molecule has 1 N–H and O–H groups in total. The molecule has 0 bridgehead atoms. The number of rotatable bonds is 5. The van der Waals surface area contributed by atoms with Crippen molar-refractivity contribution in [3.8, 4) is 6.07 Å². The third kappa shape index (κ3) is 7.76. The van der Waals surface area contributed by atoms with E-state index < -0.39 is 0 Å². The van der Waals surface area contributed by atoms with Gasteiger partial charge in [-0.15, -0.1) is 0 Å². The molecule has 0 rings (SSSR count). The number of nitriles is 1. The number of nitrogens with one attached hydrogen (secondary N) is 1. The maximum Gasteiger partial charge on any atom is 0.119 e. The molecule has 0 aromatic carbocycles. The zero-order valence-electron chi connectivity index (χ0n) is 9.05. The molecule has 0 saturated heterocycles. The lowest BCUT2D eigenvalue weighted by atomic mass is 9.93. The third-order valence-corrected chi connectivity index (χ3v) is 1.79. The highest BCUT2D eigenvalue weighted by molar-refractivity contribution is 4.88. The Balaban J connectivity index is 3.41. The van der Waals surface area contributed by atoms with E-state index in [-0.39, 0.29) is 6.04 Å². The molecule has 13 heavy (non-hydrogen) atoms. The van der Waals surface area contributed by atoms with Crippen molar-refractivity contribution < 1.29 is 4.74 Å². The van der Waals surface area contributed by atoms with Gasteiger partial charge in [0.1, 0.15) is 6.04 Å². The van der Waals surface area contributed by atoms with Gasteiger partial charge in [0.2, 0.25) is 0 Å². The number of ether oxygens (including phenoxy) is 1. The van der Waals surface area contributed by atoms with Crippen LogP contribution in [0.3, 0.4) is 0 Å². The normalized spacial score (nSPS) is 13.8. The summed E-state index contributed by atoms with van der Waals surface area (Å²) in [5.74, 6) is 0. The van der Waals surface area contributed by atoms with E-state index in [4.69, 9.17) is 10.00 Å². The standard InChI is InChI=1S/C10H20N2O/c1-10(2,3)5-6-13-8-9(7-11)12-4/h9,12H,5-6,8H2,1-4H3. The maximum absolute atomic E-state index is 8.59. The van der Waals surface area contributed by atoms with Crippen LogP contribution in [0, 0.1) is 16.7 Å². The molecule has 0 aromatic heterocycles. The molecular formula is C10H20N2O. The van der Waals surface area contributed by atoms with Crippen LogP contribution in [0.25, 0.3) is 0 Å². The summed E-state index contributed by atoms with van der Waals surface area (Å²) in [6.07, 6.45) is 1.02. The first kappa shape index (κ1) is 12.4. The molecule has 0 radical (unpaired) electrons. The Morgan fingerprint density at radius 1 is 1.46 bits per heavy atom. The summed E-state index contributed by atoms with van der Waals surface area (Å²) in [6.45, 7) is 7.73. The minimum Gasteiger partial charge on any atom is -0.379 e. The molecule has 0 spiro atoms. The van der Waals surface area contributed by atoms with E-state index in [0.717, 1.165) is 13.0 Å². The fraction of sp³-hybridized carbons (Fsp3) is 0.900. The molecule has 3 heteroatoms. The minimum absolute atomic E-state index is 0.181. The zero-order valence-corrected chi connectivity index (χ0v) is 9.05. The van der Waals surface area contributed by atoms with Gasteiger partial charge in [0.15, 0.2) is 0 Å². The number of hydrogen-bond acceptors (Lipinski definition) is 3. The average Bonchev–Trinajstić information content (AvgIpc) is 2.03. The van der Waals surface area contributed by atoms with E-state index in [2.05, 4.69) is 32.2 Å². The predicted octanol–water partition coefficient (Wildman–Crippen LogP) is 1.55. The van der Waals surface area contributed by atoms with Gasteiger partial charge < -0.3 is 10.1 Å². The summed E-state index contributed by atoms with van der Waals surface area (Å²) in [5, 5.41) is 11.5. The molecule has 1 atom stereocenters. The van der Waals surface area contributed by atoms with Crippen LogP contribution >= 0.6 is 0 Å². The molecule has 1 unspecified atom stereocenters. The van der Waals surface area contributed by atoms with E-state index in [1.54, 1.807) is 7.05 Å². The van der Waals surface area contributed by atoms with Gasteiger partial charge in [0.05, 0.1) is 12.7 Å². The number of likely N-dealkylation sites (N-methyl/N-ethyl adjacent to an activating group) is 1. The molecule has 0 heterocycles. The second-order valence-corrected chi connectivity index (χ2v) is 4.36. The quantitative estimate of drug-likeness (QED) is 0.659. The van der Waals surface area contributed by atoms with E-state index in [1.165, 1.54) is 0 Å². The van der Waals surface area contributed by atoms with Gasteiger partial charge in [0, 0.05) is 6.61 Å². The second kappa shape index (κ2) is 5.95. The molecule has 0 amide bonds. The Morgan fingerprint density at radius 2 is 2.08 bits per heavy atom. The molecule has 0 fully saturated rings. The van der Waals surface area contributed by atoms with E-state index in [0.29, 0.717) is 12.0 Å². The van der Waals surface area contributed by atoms with Crippen molar-refractivity contribution in [1.82, 2.24) is 5.32 Å². The maximum atomic E-state index is 8.59. The number of nitrogens with zero attached hydrogens (tertiary/aromatic N) is 1. The first-order valence-corrected chi connectivity index (χ1v) is 4.64. The molecule has 0 saturated carbocycles. The predicted molar refractivity (Wildman–Crippen MR) is 53.4 cm³/mol. The van der Waals surface area contributed by atoms with Crippen LogP contribution in [0.4, 0.5) is 0 Å². The van der Waals surface area contributed by atoms with Crippen molar-refractivity contribution in [3.05, 3.63) is 0 Å². The summed E-state index contributed by atoms with van der Waals surface area (Å²) in [7, 11) is 1.76. The van der Waals surface area contributed by atoms with Crippen LogP contribution in [0.15, 0.2) is 0 Å². The fourth-order valence-corrected chi connectivity index (χ4v) is 0.765. The summed E-state index contributed by atoms with van der Waals surface area (Å²) >= 11 is 0. The highest BCUT2D eigenvalue weighted by atomic mass is 16.5. The lowest BCUT2D eigenvalue weighted by molar-refractivity contribution is 0.101. The summed E-state index contributed by atoms with van der Waals surface area (Å²) < 4.78 is 5.37. The fourth-order valence-electron chi connectivity index (χ4n) is 0.765. The van der Waals surface area contributed by atoms with Gasteiger partial charge in [0.25, 0.3) is 0 Å². The van der Waals surface area contributed by atoms with Crippen LogP contribution in [0.5, 0.6) is 0 Å². The average molecular weight is 184 g/mol. The largest absolute Gasteiger partial charge is 0.379 e. The van der Waals surface area contributed by atoms with Crippen molar-refractivity contribution in [2.24, 2.45) is 5.41 Å². The molecular weight excluding hydrogens is 164 g/mol. The molecule has 3 nitrogen and oxygen atoms in total. The summed E-state index contributed by atoms with van der Waals surface area (Å²) in [5.41, 5.74) is 0.307. The van der Waals surface area contributed by atoms with Gasteiger partial charge in [-0.1, -0.05) is 20.8 Å². The molecule has 0 aliphatic heterocycles. The van der Waals surface area contributed by atoms with Crippen LogP contribution in [0.1, 0.15) is 27.2 Å². The van der Waals surface area contributed by atoms with Crippen molar-refractivity contribution in [1.29, 1.82) is 5.26 Å². The summed E-state index contributed by atoms with van der Waals surface area (Å²) in [6, 6.07) is 1.93. The minimum atomic E-state index is -0.181. The Kier molecular flexibility index (Phi) is 5.68. The summed E-state index contributed by atoms with van der Waals surface area (Å²) in [4.78, 5) is 0. The van der Waals surface area contributed by atoms with E-state index in [9.17, 15) is 0 Å². The van der Waals surface area contributed by atoms with Crippen molar-refractivity contribution >= 4 is 0 Å². The van der Waals surface area contributed by atoms with Crippen LogP contribution in [-0.4, -0.2) is 26.3 Å². The zero-order chi connectivity index (χ0) is 10.3. The van der Waals surface area contributed by atoms with Gasteiger partial charge in [-0.05, 0) is 18.9 Å². The smallest absolute Gasteiger partial charge is 0.119 e. The third-order valence-electron chi connectivity index (χ3n) is 1.79. The molecule has 76 valence electrons. The van der Waals surface area contributed by atoms with Crippen LogP contribution in [0.2, 0.25) is 0 Å². The highest BCUT2D eigenvalue weighted by Crippen LogP contribution is 2.17.